The lowest BCUT2D eigenvalue weighted by atomic mass is 9.89. The molecule has 0 spiro atoms. The van der Waals surface area contributed by atoms with Gasteiger partial charge in [0.25, 0.3) is 0 Å². The molecule has 7 heteroatoms. The topological polar surface area (TPSA) is 98.7 Å². The molecule has 23 heavy (non-hydrogen) atoms. The molecule has 1 saturated heterocycles. The van der Waals surface area contributed by atoms with Crippen LogP contribution in [0.25, 0.3) is 0 Å². The second-order valence-corrected chi connectivity index (χ2v) is 6.49. The second kappa shape index (κ2) is 8.86. The Morgan fingerprint density at radius 1 is 1.00 bits per heavy atom. The minimum absolute atomic E-state index is 0.0430. The van der Waals surface area contributed by atoms with Crippen molar-refractivity contribution in [1.29, 1.82) is 0 Å². The summed E-state index contributed by atoms with van der Waals surface area (Å²) >= 11 is 0. The van der Waals surface area contributed by atoms with Gasteiger partial charge in [0.1, 0.15) is 6.04 Å². The molecule has 7 nitrogen and oxygen atoms in total. The van der Waals surface area contributed by atoms with Gasteiger partial charge in [-0.3, -0.25) is 19.7 Å². The van der Waals surface area contributed by atoms with Crippen molar-refractivity contribution in [3.05, 3.63) is 0 Å². The summed E-state index contributed by atoms with van der Waals surface area (Å²) in [6.07, 6.45) is 7.61. The fourth-order valence-corrected chi connectivity index (χ4v) is 3.47. The number of carboxylic acids is 1. The molecule has 2 amide bonds. The van der Waals surface area contributed by atoms with E-state index in [0.29, 0.717) is 25.4 Å². The van der Waals surface area contributed by atoms with Crippen molar-refractivity contribution < 1.29 is 19.5 Å². The number of nitrogens with one attached hydrogen (secondary N) is 2. The van der Waals surface area contributed by atoms with Gasteiger partial charge in [0.15, 0.2) is 0 Å². The van der Waals surface area contributed by atoms with Crippen LogP contribution in [-0.2, 0) is 14.4 Å². The molecule has 1 aliphatic carbocycles. The molecule has 3 N–H and O–H groups in total. The average Bonchev–Trinajstić information content (AvgIpc) is 3.03. The summed E-state index contributed by atoms with van der Waals surface area (Å²) in [6, 6.07) is -0.405. The van der Waals surface area contributed by atoms with Crippen LogP contribution in [0, 0.1) is 5.92 Å². The van der Waals surface area contributed by atoms with E-state index in [4.69, 9.17) is 5.11 Å². The number of rotatable bonds is 7. The van der Waals surface area contributed by atoms with Crippen LogP contribution in [0.5, 0.6) is 0 Å². The van der Waals surface area contributed by atoms with E-state index in [1.807, 2.05) is 0 Å². The Kier molecular flexibility index (Phi) is 6.83. The summed E-state index contributed by atoms with van der Waals surface area (Å²) in [5.74, 6) is -0.710. The maximum Gasteiger partial charge on any atom is 0.317 e. The molecule has 2 aliphatic rings. The molecule has 1 saturated carbocycles. The molecule has 0 aromatic carbocycles. The van der Waals surface area contributed by atoms with Gasteiger partial charge in [0.05, 0.1) is 13.1 Å². The summed E-state index contributed by atoms with van der Waals surface area (Å²) in [5.41, 5.74) is 0. The van der Waals surface area contributed by atoms with Crippen molar-refractivity contribution in [2.75, 3.05) is 26.2 Å². The monoisotopic (exact) mass is 325 g/mol. The van der Waals surface area contributed by atoms with E-state index in [0.717, 1.165) is 6.42 Å². The smallest absolute Gasteiger partial charge is 0.317 e. The summed E-state index contributed by atoms with van der Waals surface area (Å²) < 4.78 is 0. The van der Waals surface area contributed by atoms with Crippen molar-refractivity contribution in [3.63, 3.8) is 0 Å². The Bertz CT molecular complexity index is 435. The number of carbonyl (C=O) groups is 3. The first-order chi connectivity index (χ1) is 11.1. The molecule has 130 valence electrons. The van der Waals surface area contributed by atoms with Crippen molar-refractivity contribution in [3.8, 4) is 0 Å². The fraction of sp³-hybridized carbons (Fsp3) is 0.812. The Morgan fingerprint density at radius 3 is 2.43 bits per heavy atom. The van der Waals surface area contributed by atoms with Crippen LogP contribution in [-0.4, -0.2) is 60.0 Å². The summed E-state index contributed by atoms with van der Waals surface area (Å²) in [5, 5.41) is 14.2. The lowest BCUT2D eigenvalue weighted by Gasteiger charge is -2.26. The van der Waals surface area contributed by atoms with Gasteiger partial charge in [0.2, 0.25) is 11.8 Å². The normalized spacial score (nSPS) is 22.1. The molecule has 1 heterocycles. The van der Waals surface area contributed by atoms with Crippen LogP contribution in [0.2, 0.25) is 0 Å². The van der Waals surface area contributed by atoms with Crippen molar-refractivity contribution >= 4 is 17.8 Å². The van der Waals surface area contributed by atoms with E-state index < -0.39 is 12.0 Å². The Hall–Kier alpha value is -1.63. The van der Waals surface area contributed by atoms with Gasteiger partial charge >= 0.3 is 5.97 Å². The zero-order valence-corrected chi connectivity index (χ0v) is 13.6. The Morgan fingerprint density at radius 2 is 1.74 bits per heavy atom. The second-order valence-electron chi connectivity index (χ2n) is 6.49. The van der Waals surface area contributed by atoms with Crippen molar-refractivity contribution in [1.82, 2.24) is 15.5 Å². The molecule has 1 atom stereocenters. The first-order valence-corrected chi connectivity index (χ1v) is 8.57. The molecular formula is C16H27N3O4. The number of carboxylic acid groups (broad SMARTS) is 1. The molecule has 0 aromatic heterocycles. The molecular weight excluding hydrogens is 298 g/mol. The predicted molar refractivity (Wildman–Crippen MR) is 84.8 cm³/mol. The highest BCUT2D eigenvalue weighted by Gasteiger charge is 2.33. The van der Waals surface area contributed by atoms with Crippen LogP contribution in [0.3, 0.4) is 0 Å². The number of hydrogen-bond donors (Lipinski definition) is 3. The maximum atomic E-state index is 12.4. The third kappa shape index (κ3) is 5.49. The molecule has 1 aliphatic heterocycles. The summed E-state index contributed by atoms with van der Waals surface area (Å²) in [4.78, 5) is 36.5. The largest absolute Gasteiger partial charge is 0.480 e. The van der Waals surface area contributed by atoms with E-state index in [2.05, 4.69) is 10.6 Å². The Labute approximate surface area is 136 Å². The number of aliphatic carboxylic acids is 1. The third-order valence-electron chi connectivity index (χ3n) is 4.72. The zero-order valence-electron chi connectivity index (χ0n) is 13.6. The van der Waals surface area contributed by atoms with Gasteiger partial charge in [-0.1, -0.05) is 19.3 Å². The molecule has 0 radical (unpaired) electrons. The van der Waals surface area contributed by atoms with Gasteiger partial charge in [-0.2, -0.15) is 0 Å². The highest BCUT2D eigenvalue weighted by molar-refractivity contribution is 5.89. The molecule has 0 aromatic rings. The minimum atomic E-state index is -0.999. The van der Waals surface area contributed by atoms with Crippen LogP contribution in [0.4, 0.5) is 0 Å². The van der Waals surface area contributed by atoms with E-state index in [1.54, 1.807) is 4.90 Å². The minimum Gasteiger partial charge on any atom is -0.480 e. The van der Waals surface area contributed by atoms with Gasteiger partial charge < -0.3 is 15.3 Å². The summed E-state index contributed by atoms with van der Waals surface area (Å²) in [6.45, 7) is 0.973. The average molecular weight is 325 g/mol. The van der Waals surface area contributed by atoms with E-state index in [9.17, 15) is 14.4 Å². The van der Waals surface area contributed by atoms with Crippen LogP contribution >= 0.6 is 0 Å². The number of amides is 2. The lowest BCUT2D eigenvalue weighted by molar-refractivity contribution is -0.138. The van der Waals surface area contributed by atoms with Gasteiger partial charge in [0, 0.05) is 13.1 Å². The zero-order chi connectivity index (χ0) is 16.7. The highest BCUT2D eigenvalue weighted by atomic mass is 16.4. The Balaban J connectivity index is 1.76. The van der Waals surface area contributed by atoms with Gasteiger partial charge in [-0.05, 0) is 31.6 Å². The van der Waals surface area contributed by atoms with E-state index >= 15 is 0 Å². The number of nitrogens with zero attached hydrogens (tertiary/aromatic N) is 1. The quantitative estimate of drug-likeness (QED) is 0.627. The molecule has 0 bridgehead atoms. The molecule has 2 fully saturated rings. The van der Waals surface area contributed by atoms with Crippen LogP contribution < -0.4 is 10.6 Å². The molecule has 2 rings (SSSR count). The van der Waals surface area contributed by atoms with Gasteiger partial charge in [-0.25, -0.2) is 0 Å². The number of carbonyl (C=O) groups excluding carboxylic acids is 2. The fourth-order valence-electron chi connectivity index (χ4n) is 3.47. The molecule has 1 unspecified atom stereocenters. The number of likely N-dealkylation sites (tertiary alicyclic amines) is 1. The van der Waals surface area contributed by atoms with Gasteiger partial charge in [-0.15, -0.1) is 0 Å². The SMILES string of the molecule is O=C(O)CNCC(=O)N1CCCC1C(=O)NCC1CCCCC1. The van der Waals surface area contributed by atoms with E-state index in [1.165, 1.54) is 32.1 Å². The first kappa shape index (κ1) is 17.7. The predicted octanol–water partition coefficient (Wildman–Crippen LogP) is 0.348. The maximum absolute atomic E-state index is 12.4. The summed E-state index contributed by atoms with van der Waals surface area (Å²) in [7, 11) is 0. The van der Waals surface area contributed by atoms with E-state index in [-0.39, 0.29) is 24.9 Å². The van der Waals surface area contributed by atoms with Crippen LogP contribution in [0.1, 0.15) is 44.9 Å². The standard InChI is InChI=1S/C16H27N3O4/c20-14(10-17-11-15(21)22)19-8-4-7-13(19)16(23)18-9-12-5-2-1-3-6-12/h12-13,17H,1-11H2,(H,18,23)(H,21,22). The highest BCUT2D eigenvalue weighted by Crippen LogP contribution is 2.23. The first-order valence-electron chi connectivity index (χ1n) is 8.57. The van der Waals surface area contributed by atoms with Crippen molar-refractivity contribution in [2.24, 2.45) is 5.92 Å². The third-order valence-corrected chi connectivity index (χ3v) is 4.72. The van der Waals surface area contributed by atoms with Crippen molar-refractivity contribution in [2.45, 2.75) is 51.0 Å². The van der Waals surface area contributed by atoms with Crippen LogP contribution in [0.15, 0.2) is 0 Å². The lowest BCUT2D eigenvalue weighted by Crippen LogP contribution is -2.49. The number of hydrogen-bond acceptors (Lipinski definition) is 4.